The number of halogens is 4. The average molecular weight is 449 g/mol. The van der Waals surface area contributed by atoms with Gasteiger partial charge < -0.3 is 0 Å². The quantitative estimate of drug-likeness (QED) is 0.606. The Bertz CT molecular complexity index is 1280. The molecule has 3 heterocycles. The summed E-state index contributed by atoms with van der Waals surface area (Å²) in [5.74, 6) is -0.408. The van der Waals surface area contributed by atoms with E-state index in [1.54, 1.807) is 24.4 Å². The van der Waals surface area contributed by atoms with Crippen LogP contribution in [-0.2, 0) is 22.6 Å². The normalized spacial score (nSPS) is 21.1. The van der Waals surface area contributed by atoms with Gasteiger partial charge in [-0.25, -0.2) is 12.8 Å². The number of fused-ring (bicyclic) bond motifs is 4. The van der Waals surface area contributed by atoms with Crippen molar-refractivity contribution in [1.82, 2.24) is 14.5 Å². The van der Waals surface area contributed by atoms with Gasteiger partial charge in [-0.15, -0.1) is 0 Å². The van der Waals surface area contributed by atoms with Gasteiger partial charge in [0.25, 0.3) is 0 Å². The molecule has 3 aromatic rings. The number of hydrogen-bond acceptors (Lipinski definition) is 3. The van der Waals surface area contributed by atoms with Crippen LogP contribution < -0.4 is 0 Å². The summed E-state index contributed by atoms with van der Waals surface area (Å²) in [4.78, 5) is -0.226. The zero-order chi connectivity index (χ0) is 22.0. The number of rotatable bonds is 3. The fourth-order valence-electron chi connectivity index (χ4n) is 4.23. The van der Waals surface area contributed by atoms with Gasteiger partial charge in [-0.3, -0.25) is 5.10 Å². The third-order valence-corrected chi connectivity index (χ3v) is 7.58. The minimum Gasteiger partial charge on any atom is -0.282 e. The number of benzene rings is 2. The molecule has 5 nitrogen and oxygen atoms in total. The van der Waals surface area contributed by atoms with Gasteiger partial charge in [0.05, 0.1) is 28.7 Å². The lowest BCUT2D eigenvalue weighted by molar-refractivity contribution is -0.137. The summed E-state index contributed by atoms with van der Waals surface area (Å²) in [7, 11) is -4.13. The number of nitrogens with one attached hydrogen (secondary N) is 1. The molecular weight excluding hydrogens is 434 g/mol. The van der Waals surface area contributed by atoms with Gasteiger partial charge in [-0.2, -0.15) is 22.6 Å². The number of aromatic nitrogens is 2. The maximum absolute atomic E-state index is 13.5. The van der Waals surface area contributed by atoms with Crippen LogP contribution in [0.4, 0.5) is 17.6 Å². The molecule has 2 aliphatic rings. The Hall–Kier alpha value is -2.98. The summed E-state index contributed by atoms with van der Waals surface area (Å²) in [5, 5.41) is 6.90. The van der Waals surface area contributed by atoms with Crippen LogP contribution in [0.25, 0.3) is 5.57 Å². The molecule has 2 unspecified atom stereocenters. The second-order valence-electron chi connectivity index (χ2n) is 7.45. The lowest BCUT2D eigenvalue weighted by Crippen LogP contribution is -2.43. The Kier molecular flexibility index (Phi) is 4.35. The zero-order valence-electron chi connectivity index (χ0n) is 15.8. The van der Waals surface area contributed by atoms with E-state index in [9.17, 15) is 26.0 Å². The average Bonchev–Trinajstić information content (AvgIpc) is 3.31. The van der Waals surface area contributed by atoms with E-state index in [0.717, 1.165) is 30.0 Å². The molecule has 10 heteroatoms. The summed E-state index contributed by atoms with van der Waals surface area (Å²) in [6.07, 6.45) is -0.902. The van der Waals surface area contributed by atoms with Gasteiger partial charge in [0.2, 0.25) is 10.0 Å². The number of hydrogen-bond donors (Lipinski definition) is 1. The van der Waals surface area contributed by atoms with Crippen molar-refractivity contribution >= 4 is 15.6 Å². The fourth-order valence-corrected chi connectivity index (χ4v) is 5.95. The molecule has 31 heavy (non-hydrogen) atoms. The Morgan fingerprint density at radius 3 is 2.35 bits per heavy atom. The van der Waals surface area contributed by atoms with E-state index in [4.69, 9.17) is 0 Å². The van der Waals surface area contributed by atoms with Gasteiger partial charge in [0, 0.05) is 17.7 Å². The molecule has 2 atom stereocenters. The van der Waals surface area contributed by atoms with E-state index in [-0.39, 0.29) is 4.90 Å². The standard InChI is InChI=1S/C21H15F4N3O2S/c22-14-5-1-12(2-6-14)16-9-19-17-11-26-27-18(17)10-20(16)28(19)31(29,30)15-7-3-13(4-8-15)21(23,24)25/h1-9,11,19-20H,10H2,(H,26,27). The Balaban J connectivity index is 1.58. The molecule has 0 aliphatic carbocycles. The third-order valence-electron chi connectivity index (χ3n) is 5.68. The van der Waals surface area contributed by atoms with Crippen molar-refractivity contribution in [3.8, 4) is 0 Å². The van der Waals surface area contributed by atoms with Crippen LogP contribution in [0.1, 0.15) is 28.4 Å². The van der Waals surface area contributed by atoms with Crippen LogP contribution in [0.5, 0.6) is 0 Å². The summed E-state index contributed by atoms with van der Waals surface area (Å²) in [6, 6.07) is 7.96. The number of aromatic amines is 1. The summed E-state index contributed by atoms with van der Waals surface area (Å²) in [5.41, 5.74) is 1.95. The number of sulfonamides is 1. The van der Waals surface area contributed by atoms with Crippen LogP contribution in [-0.4, -0.2) is 29.0 Å². The van der Waals surface area contributed by atoms with Crippen molar-refractivity contribution in [3.63, 3.8) is 0 Å². The van der Waals surface area contributed by atoms with Crippen LogP contribution >= 0.6 is 0 Å². The van der Waals surface area contributed by atoms with Crippen molar-refractivity contribution in [3.05, 3.63) is 89.0 Å². The van der Waals surface area contributed by atoms with Crippen molar-refractivity contribution in [2.75, 3.05) is 0 Å². The van der Waals surface area contributed by atoms with E-state index in [1.165, 1.54) is 16.4 Å². The monoisotopic (exact) mass is 449 g/mol. The third kappa shape index (κ3) is 3.17. The van der Waals surface area contributed by atoms with Crippen LogP contribution in [0, 0.1) is 5.82 Å². The predicted octanol–water partition coefficient (Wildman–Crippen LogP) is 4.32. The summed E-state index contributed by atoms with van der Waals surface area (Å²) < 4.78 is 80.4. The van der Waals surface area contributed by atoms with Crippen LogP contribution in [0.3, 0.4) is 0 Å². The van der Waals surface area contributed by atoms with Gasteiger partial charge in [0.15, 0.2) is 0 Å². The van der Waals surface area contributed by atoms with Crippen molar-refractivity contribution in [1.29, 1.82) is 0 Å². The molecule has 2 aliphatic heterocycles. The summed E-state index contributed by atoms with van der Waals surface area (Å²) >= 11 is 0. The van der Waals surface area contributed by atoms with E-state index in [0.29, 0.717) is 23.1 Å². The first-order valence-corrected chi connectivity index (χ1v) is 10.8. The second kappa shape index (κ2) is 6.76. The number of H-pyrrole nitrogens is 1. The minimum atomic E-state index is -4.56. The topological polar surface area (TPSA) is 66.1 Å². The molecule has 0 spiro atoms. The predicted molar refractivity (Wildman–Crippen MR) is 104 cm³/mol. The highest BCUT2D eigenvalue weighted by molar-refractivity contribution is 7.89. The molecule has 0 saturated carbocycles. The lowest BCUT2D eigenvalue weighted by Gasteiger charge is -2.34. The van der Waals surface area contributed by atoms with Crippen molar-refractivity contribution < 1.29 is 26.0 Å². The summed E-state index contributed by atoms with van der Waals surface area (Å²) in [6.45, 7) is 0. The molecule has 2 bridgehead atoms. The van der Waals surface area contributed by atoms with Gasteiger partial charge in [0.1, 0.15) is 5.82 Å². The molecule has 1 aromatic heterocycles. The molecule has 0 saturated heterocycles. The molecule has 0 fully saturated rings. The van der Waals surface area contributed by atoms with E-state index in [2.05, 4.69) is 10.2 Å². The first kappa shape index (κ1) is 20.0. The van der Waals surface area contributed by atoms with Crippen LogP contribution in [0.2, 0.25) is 0 Å². The number of alkyl halides is 3. The molecule has 1 N–H and O–H groups in total. The second-order valence-corrected chi connectivity index (χ2v) is 9.30. The van der Waals surface area contributed by atoms with E-state index < -0.39 is 39.7 Å². The maximum Gasteiger partial charge on any atom is 0.416 e. The fraction of sp³-hybridized carbons (Fsp3) is 0.190. The maximum atomic E-state index is 13.5. The minimum absolute atomic E-state index is 0.226. The molecule has 0 amide bonds. The highest BCUT2D eigenvalue weighted by Crippen LogP contribution is 2.48. The van der Waals surface area contributed by atoms with Gasteiger partial charge >= 0.3 is 6.18 Å². The van der Waals surface area contributed by atoms with Gasteiger partial charge in [-0.1, -0.05) is 18.2 Å². The van der Waals surface area contributed by atoms with Crippen molar-refractivity contribution in [2.45, 2.75) is 29.6 Å². The Morgan fingerprint density at radius 2 is 1.71 bits per heavy atom. The lowest BCUT2D eigenvalue weighted by atomic mass is 9.96. The molecule has 5 rings (SSSR count). The highest BCUT2D eigenvalue weighted by Gasteiger charge is 2.48. The first-order valence-electron chi connectivity index (χ1n) is 9.37. The number of nitrogens with zero attached hydrogens (tertiary/aromatic N) is 2. The van der Waals surface area contributed by atoms with E-state index >= 15 is 0 Å². The highest BCUT2D eigenvalue weighted by atomic mass is 32.2. The Morgan fingerprint density at radius 1 is 1.03 bits per heavy atom. The smallest absolute Gasteiger partial charge is 0.282 e. The zero-order valence-corrected chi connectivity index (χ0v) is 16.6. The SMILES string of the molecule is O=S(=O)(c1ccc(C(F)(F)F)cc1)N1C2Cc3[nH]ncc3C1C=C2c1ccc(F)cc1. The first-order chi connectivity index (χ1) is 14.7. The van der Waals surface area contributed by atoms with Crippen LogP contribution in [0.15, 0.2) is 65.7 Å². The molecule has 160 valence electrons. The molecule has 2 aromatic carbocycles. The molecular formula is C21H15F4N3O2S. The van der Waals surface area contributed by atoms with Crippen molar-refractivity contribution in [2.24, 2.45) is 0 Å². The van der Waals surface area contributed by atoms with E-state index in [1.807, 2.05) is 0 Å². The Labute approximate surface area is 175 Å². The van der Waals surface area contributed by atoms with Gasteiger partial charge in [-0.05, 0) is 47.5 Å². The molecule has 0 radical (unpaired) electrons. The largest absolute Gasteiger partial charge is 0.416 e.